The van der Waals surface area contributed by atoms with Crippen LogP contribution in [0.25, 0.3) is 10.9 Å². The summed E-state index contributed by atoms with van der Waals surface area (Å²) in [7, 11) is 0. The molecule has 3 heterocycles. The van der Waals surface area contributed by atoms with Crippen LogP contribution < -0.4 is 4.90 Å². The van der Waals surface area contributed by atoms with E-state index in [1.807, 2.05) is 53.4 Å². The molecule has 32 heavy (non-hydrogen) atoms. The summed E-state index contributed by atoms with van der Waals surface area (Å²) in [5, 5.41) is 2.29. The Morgan fingerprint density at radius 2 is 1.56 bits per heavy atom. The zero-order valence-electron chi connectivity index (χ0n) is 17.3. The number of fused-ring (bicyclic) bond motifs is 1. The van der Waals surface area contributed by atoms with Crippen molar-refractivity contribution in [3.05, 3.63) is 88.3 Å². The first-order valence-electron chi connectivity index (χ1n) is 10.4. The van der Waals surface area contributed by atoms with E-state index in [0.717, 1.165) is 16.5 Å². The van der Waals surface area contributed by atoms with Crippen molar-refractivity contribution in [2.75, 3.05) is 31.1 Å². The van der Waals surface area contributed by atoms with E-state index in [4.69, 9.17) is 23.2 Å². The number of piperazine rings is 1. The van der Waals surface area contributed by atoms with Crippen LogP contribution in [0.4, 0.5) is 5.95 Å². The lowest BCUT2D eigenvalue weighted by Crippen LogP contribution is -2.49. The topological polar surface area (TPSA) is 54.3 Å². The lowest BCUT2D eigenvalue weighted by molar-refractivity contribution is 0.0736. The number of carbonyl (C=O) groups excluding carboxylic acids is 1. The largest absolute Gasteiger partial charge is 0.337 e. The molecule has 1 amide bonds. The van der Waals surface area contributed by atoms with E-state index >= 15 is 0 Å². The van der Waals surface area contributed by atoms with E-state index in [9.17, 15) is 4.79 Å². The highest BCUT2D eigenvalue weighted by molar-refractivity contribution is 6.31. The second-order valence-corrected chi connectivity index (χ2v) is 8.65. The molecule has 0 atom stereocenters. The molecular weight excluding hydrogens is 445 g/mol. The number of hydrogen-bond acceptors (Lipinski definition) is 4. The molecule has 2 aromatic heterocycles. The van der Waals surface area contributed by atoms with E-state index in [1.165, 1.54) is 0 Å². The summed E-state index contributed by atoms with van der Waals surface area (Å²) in [6, 6.07) is 17.2. The average Bonchev–Trinajstić information content (AvgIpc) is 3.18. The maximum atomic E-state index is 13.6. The van der Waals surface area contributed by atoms with Gasteiger partial charge in [0.15, 0.2) is 0 Å². The molecule has 0 N–H and O–H groups in total. The Morgan fingerprint density at radius 1 is 0.875 bits per heavy atom. The summed E-state index contributed by atoms with van der Waals surface area (Å²) >= 11 is 12.3. The smallest absolute Gasteiger partial charge is 0.270 e. The van der Waals surface area contributed by atoms with E-state index in [1.54, 1.807) is 18.5 Å². The van der Waals surface area contributed by atoms with Gasteiger partial charge in [-0.2, -0.15) is 0 Å². The molecule has 5 rings (SSSR count). The minimum absolute atomic E-state index is 0.0138. The van der Waals surface area contributed by atoms with Gasteiger partial charge in [0.2, 0.25) is 5.95 Å². The van der Waals surface area contributed by atoms with Crippen LogP contribution in [0.1, 0.15) is 16.1 Å². The average molecular weight is 466 g/mol. The first-order chi connectivity index (χ1) is 15.6. The van der Waals surface area contributed by atoms with Gasteiger partial charge in [-0.15, -0.1) is 0 Å². The summed E-state index contributed by atoms with van der Waals surface area (Å²) < 4.78 is 2.06. The van der Waals surface area contributed by atoms with Gasteiger partial charge in [0.1, 0.15) is 5.69 Å². The van der Waals surface area contributed by atoms with Crippen molar-refractivity contribution in [1.29, 1.82) is 0 Å². The van der Waals surface area contributed by atoms with Gasteiger partial charge < -0.3 is 14.4 Å². The van der Waals surface area contributed by atoms with Gasteiger partial charge in [0.05, 0.1) is 0 Å². The molecule has 4 aromatic rings. The molecule has 2 aromatic carbocycles. The molecule has 1 fully saturated rings. The number of nitrogens with zero attached hydrogens (tertiary/aromatic N) is 5. The molecule has 0 saturated carbocycles. The van der Waals surface area contributed by atoms with Crippen LogP contribution in [0.5, 0.6) is 0 Å². The van der Waals surface area contributed by atoms with E-state index < -0.39 is 0 Å². The predicted octanol–water partition coefficient (Wildman–Crippen LogP) is 4.75. The fraction of sp³-hybridized carbons (Fsp3) is 0.208. The third-order valence-electron chi connectivity index (χ3n) is 5.74. The van der Waals surface area contributed by atoms with Gasteiger partial charge in [-0.1, -0.05) is 35.3 Å². The molecule has 0 aliphatic carbocycles. The minimum atomic E-state index is 0.0138. The maximum Gasteiger partial charge on any atom is 0.270 e. The number of anilines is 1. The minimum Gasteiger partial charge on any atom is -0.337 e. The van der Waals surface area contributed by atoms with Crippen molar-refractivity contribution in [3.8, 4) is 0 Å². The van der Waals surface area contributed by atoms with Crippen molar-refractivity contribution >= 4 is 46.0 Å². The number of hydrogen-bond donors (Lipinski definition) is 0. The number of rotatable bonds is 4. The number of aromatic nitrogens is 3. The van der Waals surface area contributed by atoms with Crippen LogP contribution in [-0.2, 0) is 6.54 Å². The molecule has 0 bridgehead atoms. The van der Waals surface area contributed by atoms with Gasteiger partial charge in [-0.25, -0.2) is 9.97 Å². The summed E-state index contributed by atoms with van der Waals surface area (Å²) in [6.07, 6.45) is 3.47. The van der Waals surface area contributed by atoms with Gasteiger partial charge in [0.25, 0.3) is 5.91 Å². The SMILES string of the molecule is O=C(c1cc2cc(Cl)ccc2n1Cc1ccc(Cl)cc1)N1CCN(c2ncccn2)CC1. The summed E-state index contributed by atoms with van der Waals surface area (Å²) in [6.45, 7) is 3.18. The number of benzene rings is 2. The third kappa shape index (κ3) is 4.16. The molecule has 1 saturated heterocycles. The van der Waals surface area contributed by atoms with E-state index in [-0.39, 0.29) is 5.91 Å². The summed E-state index contributed by atoms with van der Waals surface area (Å²) in [4.78, 5) is 26.2. The normalized spacial score (nSPS) is 14.2. The van der Waals surface area contributed by atoms with Crippen molar-refractivity contribution < 1.29 is 4.79 Å². The standard InChI is InChI=1S/C24H21Cl2N5O/c25-19-4-2-17(3-5-19)16-31-21-7-6-20(26)14-18(21)15-22(31)23(32)29-10-12-30(13-11-29)24-27-8-1-9-28-24/h1-9,14-15H,10-13,16H2. The summed E-state index contributed by atoms with van der Waals surface area (Å²) in [5.41, 5.74) is 2.70. The van der Waals surface area contributed by atoms with Crippen LogP contribution in [0, 0.1) is 0 Å². The number of carbonyl (C=O) groups is 1. The van der Waals surface area contributed by atoms with Gasteiger partial charge in [-0.05, 0) is 48.0 Å². The monoisotopic (exact) mass is 465 g/mol. The van der Waals surface area contributed by atoms with E-state index in [0.29, 0.717) is 54.4 Å². The van der Waals surface area contributed by atoms with Gasteiger partial charge in [-0.3, -0.25) is 4.79 Å². The first kappa shape index (κ1) is 20.8. The molecule has 0 radical (unpaired) electrons. The van der Waals surface area contributed by atoms with Crippen LogP contribution in [0.2, 0.25) is 10.0 Å². The predicted molar refractivity (Wildman–Crippen MR) is 128 cm³/mol. The number of amides is 1. The van der Waals surface area contributed by atoms with Crippen LogP contribution in [0.15, 0.2) is 67.0 Å². The molecule has 8 heteroatoms. The zero-order valence-corrected chi connectivity index (χ0v) is 18.8. The Kier molecular flexibility index (Phi) is 5.72. The second-order valence-electron chi connectivity index (χ2n) is 7.77. The lowest BCUT2D eigenvalue weighted by atomic mass is 10.2. The molecule has 162 valence electrons. The van der Waals surface area contributed by atoms with E-state index in [2.05, 4.69) is 19.4 Å². The molecular formula is C24H21Cl2N5O. The van der Waals surface area contributed by atoms with Gasteiger partial charge in [0, 0.05) is 66.1 Å². The highest BCUT2D eigenvalue weighted by Gasteiger charge is 2.26. The molecule has 0 unspecified atom stereocenters. The Bertz CT molecular complexity index is 1250. The molecule has 1 aliphatic rings. The van der Waals surface area contributed by atoms with Crippen molar-refractivity contribution in [3.63, 3.8) is 0 Å². The van der Waals surface area contributed by atoms with Crippen LogP contribution in [-0.4, -0.2) is 51.5 Å². The Morgan fingerprint density at radius 3 is 2.28 bits per heavy atom. The van der Waals surface area contributed by atoms with Gasteiger partial charge >= 0.3 is 0 Å². The Hall–Kier alpha value is -3.09. The van der Waals surface area contributed by atoms with Crippen molar-refractivity contribution in [2.24, 2.45) is 0 Å². The summed E-state index contributed by atoms with van der Waals surface area (Å²) in [5.74, 6) is 0.714. The lowest BCUT2D eigenvalue weighted by Gasteiger charge is -2.34. The highest BCUT2D eigenvalue weighted by atomic mass is 35.5. The molecule has 0 spiro atoms. The third-order valence-corrected chi connectivity index (χ3v) is 6.23. The molecule has 6 nitrogen and oxygen atoms in total. The highest BCUT2D eigenvalue weighted by Crippen LogP contribution is 2.26. The van der Waals surface area contributed by atoms with Crippen LogP contribution in [0.3, 0.4) is 0 Å². The Labute approximate surface area is 196 Å². The maximum absolute atomic E-state index is 13.6. The quantitative estimate of drug-likeness (QED) is 0.436. The van der Waals surface area contributed by atoms with Crippen molar-refractivity contribution in [2.45, 2.75) is 6.54 Å². The first-order valence-corrected chi connectivity index (χ1v) is 11.2. The molecule has 1 aliphatic heterocycles. The fourth-order valence-electron chi connectivity index (χ4n) is 4.09. The fourth-order valence-corrected chi connectivity index (χ4v) is 4.39. The number of halogens is 2. The second kappa shape index (κ2) is 8.81. The Balaban J connectivity index is 1.42. The van der Waals surface area contributed by atoms with Crippen LogP contribution >= 0.6 is 23.2 Å². The zero-order chi connectivity index (χ0) is 22.1. The van der Waals surface area contributed by atoms with Crippen molar-refractivity contribution in [1.82, 2.24) is 19.4 Å².